The van der Waals surface area contributed by atoms with E-state index in [0.29, 0.717) is 35.8 Å². The quantitative estimate of drug-likeness (QED) is 0.296. The second-order valence-corrected chi connectivity index (χ2v) is 11.2. The Balaban J connectivity index is 1.48. The van der Waals surface area contributed by atoms with Crippen molar-refractivity contribution >= 4 is 23.3 Å². The van der Waals surface area contributed by atoms with E-state index >= 15 is 0 Å². The number of carbonyl (C=O) groups excluding carboxylic acids is 2. The number of rotatable bonds is 6. The fourth-order valence-corrected chi connectivity index (χ4v) is 6.14. The van der Waals surface area contributed by atoms with Crippen molar-refractivity contribution in [3.05, 3.63) is 88.4 Å². The maximum Gasteiger partial charge on any atom is 0.416 e. The van der Waals surface area contributed by atoms with Crippen molar-refractivity contribution in [1.29, 1.82) is 0 Å². The summed E-state index contributed by atoms with van der Waals surface area (Å²) >= 11 is 0. The highest BCUT2D eigenvalue weighted by Gasteiger charge is 2.41. The zero-order chi connectivity index (χ0) is 30.0. The first kappa shape index (κ1) is 29.5. The summed E-state index contributed by atoms with van der Waals surface area (Å²) in [6, 6.07) is 11.2. The Labute approximate surface area is 242 Å². The topological polar surface area (TPSA) is 74.3 Å². The number of hydrogen-bond acceptors (Lipinski definition) is 4. The van der Waals surface area contributed by atoms with Crippen LogP contribution in [-0.4, -0.2) is 34.3 Å². The molecular formula is C32H34F4N4O2. The van der Waals surface area contributed by atoms with E-state index < -0.39 is 41.3 Å². The number of carbonyl (C=O) groups is 2. The molecule has 2 N–H and O–H groups in total. The van der Waals surface area contributed by atoms with Crippen molar-refractivity contribution in [3.8, 4) is 0 Å². The van der Waals surface area contributed by atoms with Crippen LogP contribution in [0.25, 0.3) is 0 Å². The third-order valence-electron chi connectivity index (χ3n) is 8.31. The molecule has 10 heteroatoms. The molecule has 0 spiro atoms. The van der Waals surface area contributed by atoms with E-state index in [9.17, 15) is 27.2 Å². The van der Waals surface area contributed by atoms with Gasteiger partial charge in [-0.15, -0.1) is 0 Å². The highest BCUT2D eigenvalue weighted by Crippen LogP contribution is 2.39. The molecule has 2 heterocycles. The van der Waals surface area contributed by atoms with Crippen LogP contribution in [0.1, 0.15) is 77.2 Å². The van der Waals surface area contributed by atoms with Crippen molar-refractivity contribution in [3.63, 3.8) is 0 Å². The fourth-order valence-electron chi connectivity index (χ4n) is 6.14. The molecule has 1 aliphatic carbocycles. The summed E-state index contributed by atoms with van der Waals surface area (Å²) in [5.41, 5.74) is 0.226. The van der Waals surface area contributed by atoms with Crippen molar-refractivity contribution in [2.75, 3.05) is 17.2 Å². The maximum absolute atomic E-state index is 14.9. The fraction of sp³-hybridized carbons (Fsp3) is 0.406. The SMILES string of the molecule is Cc1ccc(NC(=O)C2CCCN(C(=O)c3c(C)cccc3F)C2c2ccc(NC3CCCC3)nc2)cc1C(F)(F)F. The van der Waals surface area contributed by atoms with Crippen molar-refractivity contribution < 1.29 is 27.2 Å². The molecule has 0 radical (unpaired) electrons. The number of hydrogen-bond donors (Lipinski definition) is 2. The van der Waals surface area contributed by atoms with E-state index in [-0.39, 0.29) is 23.4 Å². The molecule has 6 nitrogen and oxygen atoms in total. The van der Waals surface area contributed by atoms with Crippen LogP contribution < -0.4 is 10.6 Å². The van der Waals surface area contributed by atoms with Crippen molar-refractivity contribution in [1.82, 2.24) is 9.88 Å². The van der Waals surface area contributed by atoms with Crippen molar-refractivity contribution in [2.24, 2.45) is 5.92 Å². The molecular weight excluding hydrogens is 548 g/mol. The van der Waals surface area contributed by atoms with E-state index in [1.165, 1.54) is 36.1 Å². The smallest absolute Gasteiger partial charge is 0.367 e. The van der Waals surface area contributed by atoms with Gasteiger partial charge in [-0.05, 0) is 80.5 Å². The van der Waals surface area contributed by atoms with Crippen LogP contribution in [0.15, 0.2) is 54.7 Å². The molecule has 2 amide bonds. The molecule has 5 rings (SSSR count). The van der Waals surface area contributed by atoms with Gasteiger partial charge in [-0.2, -0.15) is 13.2 Å². The van der Waals surface area contributed by atoms with Crippen molar-refractivity contribution in [2.45, 2.75) is 70.6 Å². The number of aryl methyl sites for hydroxylation is 2. The van der Waals surface area contributed by atoms with Gasteiger partial charge >= 0.3 is 6.18 Å². The lowest BCUT2D eigenvalue weighted by atomic mass is 9.83. The standard InChI is InChI=1S/C32H34F4N4O2/c1-19-12-14-23(17-25(19)32(34,35)36)39-30(41)24-10-6-16-40(31(42)28-20(2)7-5-11-26(28)33)29(24)21-13-15-27(37-18-21)38-22-8-3-4-9-22/h5,7,11-15,17-18,22,24,29H,3-4,6,8-10,16H2,1-2H3,(H,37,38)(H,39,41). The number of anilines is 2. The van der Waals surface area contributed by atoms with Gasteiger partial charge in [-0.25, -0.2) is 9.37 Å². The number of piperidine rings is 1. The first-order valence-electron chi connectivity index (χ1n) is 14.3. The van der Waals surface area contributed by atoms with E-state index in [1.807, 2.05) is 12.1 Å². The van der Waals surface area contributed by atoms with Gasteiger partial charge in [0.2, 0.25) is 5.91 Å². The Morgan fingerprint density at radius 3 is 2.38 bits per heavy atom. The minimum absolute atomic E-state index is 0.0132. The number of nitrogens with zero attached hydrogens (tertiary/aromatic N) is 2. The molecule has 2 aromatic carbocycles. The van der Waals surface area contributed by atoms with Crippen LogP contribution in [-0.2, 0) is 11.0 Å². The first-order valence-corrected chi connectivity index (χ1v) is 14.3. The van der Waals surface area contributed by atoms with Gasteiger partial charge < -0.3 is 15.5 Å². The summed E-state index contributed by atoms with van der Waals surface area (Å²) in [6.45, 7) is 3.30. The summed E-state index contributed by atoms with van der Waals surface area (Å²) in [7, 11) is 0. The molecule has 1 aliphatic heterocycles. The van der Waals surface area contributed by atoms with Gasteiger partial charge in [0.05, 0.1) is 23.1 Å². The van der Waals surface area contributed by atoms with E-state index in [4.69, 9.17) is 0 Å². The number of benzene rings is 2. The Morgan fingerprint density at radius 2 is 1.71 bits per heavy atom. The molecule has 0 bridgehead atoms. The van der Waals surface area contributed by atoms with Crippen LogP contribution in [0.4, 0.5) is 29.1 Å². The number of nitrogens with one attached hydrogen (secondary N) is 2. The maximum atomic E-state index is 14.9. The van der Waals surface area contributed by atoms with Gasteiger partial charge in [0.25, 0.3) is 5.91 Å². The van der Waals surface area contributed by atoms with Gasteiger partial charge in [0.15, 0.2) is 0 Å². The lowest BCUT2D eigenvalue weighted by molar-refractivity contribution is -0.138. The van der Waals surface area contributed by atoms with Crippen LogP contribution in [0.3, 0.4) is 0 Å². The third-order valence-corrected chi connectivity index (χ3v) is 8.31. The van der Waals surface area contributed by atoms with Crippen LogP contribution >= 0.6 is 0 Å². The zero-order valence-electron chi connectivity index (χ0n) is 23.6. The third kappa shape index (κ3) is 6.27. The number of likely N-dealkylation sites (tertiary alicyclic amines) is 1. The monoisotopic (exact) mass is 582 g/mol. The largest absolute Gasteiger partial charge is 0.416 e. The van der Waals surface area contributed by atoms with Gasteiger partial charge in [0.1, 0.15) is 11.6 Å². The minimum Gasteiger partial charge on any atom is -0.367 e. The molecule has 2 atom stereocenters. The summed E-state index contributed by atoms with van der Waals surface area (Å²) in [5, 5.41) is 6.07. The second-order valence-electron chi connectivity index (χ2n) is 11.2. The summed E-state index contributed by atoms with van der Waals surface area (Å²) in [4.78, 5) is 33.6. The average Bonchev–Trinajstić information content (AvgIpc) is 3.46. The Morgan fingerprint density at radius 1 is 0.952 bits per heavy atom. The number of pyridine rings is 1. The predicted molar refractivity (Wildman–Crippen MR) is 153 cm³/mol. The normalized spacial score (nSPS) is 19.5. The summed E-state index contributed by atoms with van der Waals surface area (Å²) < 4.78 is 55.5. The number of alkyl halides is 3. The van der Waals surface area contributed by atoms with Gasteiger partial charge in [-0.1, -0.05) is 37.1 Å². The van der Waals surface area contributed by atoms with E-state index in [2.05, 4.69) is 15.6 Å². The number of amides is 2. The molecule has 42 heavy (non-hydrogen) atoms. The highest BCUT2D eigenvalue weighted by atomic mass is 19.4. The molecule has 1 saturated carbocycles. The van der Waals surface area contributed by atoms with Gasteiger partial charge in [0, 0.05) is 24.5 Å². The molecule has 2 aliphatic rings. The molecule has 222 valence electrons. The number of aromatic nitrogens is 1. The average molecular weight is 583 g/mol. The molecule has 3 aromatic rings. The van der Waals surface area contributed by atoms with E-state index in [1.54, 1.807) is 19.2 Å². The predicted octanol–water partition coefficient (Wildman–Crippen LogP) is 7.44. The van der Waals surface area contributed by atoms with Crippen LogP contribution in [0.5, 0.6) is 0 Å². The minimum atomic E-state index is -4.57. The molecule has 2 unspecified atom stereocenters. The molecule has 1 aromatic heterocycles. The van der Waals surface area contributed by atoms with Crippen LogP contribution in [0.2, 0.25) is 0 Å². The van der Waals surface area contributed by atoms with Crippen LogP contribution in [0, 0.1) is 25.6 Å². The zero-order valence-corrected chi connectivity index (χ0v) is 23.6. The number of halogens is 4. The Hall–Kier alpha value is -3.95. The lowest BCUT2D eigenvalue weighted by Crippen LogP contribution is -2.46. The summed E-state index contributed by atoms with van der Waals surface area (Å²) in [5.74, 6) is -1.84. The summed E-state index contributed by atoms with van der Waals surface area (Å²) in [6.07, 6.45) is 2.34. The first-order chi connectivity index (χ1) is 20.0. The second kappa shape index (κ2) is 12.1. The molecule has 2 fully saturated rings. The van der Waals surface area contributed by atoms with Gasteiger partial charge in [-0.3, -0.25) is 9.59 Å². The molecule has 1 saturated heterocycles. The van der Waals surface area contributed by atoms with E-state index in [0.717, 1.165) is 31.7 Å². The Kier molecular flexibility index (Phi) is 8.52. The lowest BCUT2D eigenvalue weighted by Gasteiger charge is -2.41. The highest BCUT2D eigenvalue weighted by molar-refractivity contribution is 5.98. The Bertz CT molecular complexity index is 1430.